The lowest BCUT2D eigenvalue weighted by atomic mass is 10.2. The van der Waals surface area contributed by atoms with Gasteiger partial charge in [0.15, 0.2) is 0 Å². The van der Waals surface area contributed by atoms with Gasteiger partial charge in [-0.3, -0.25) is 4.18 Å². The summed E-state index contributed by atoms with van der Waals surface area (Å²) in [4.78, 5) is 0.0820. The Hall–Kier alpha value is -1.21. The molecule has 1 aromatic rings. The first-order chi connectivity index (χ1) is 8.99. The molecule has 1 N–H and O–H groups in total. The molecule has 106 valence electrons. The third-order valence-corrected chi connectivity index (χ3v) is 3.67. The number of hydrogen-bond donors (Lipinski definition) is 1. The summed E-state index contributed by atoms with van der Waals surface area (Å²) in [6, 6.07) is 6.33. The Balaban J connectivity index is 2.64. The highest BCUT2D eigenvalue weighted by atomic mass is 32.2. The Kier molecular flexibility index (Phi) is 6.17. The van der Waals surface area contributed by atoms with Crippen molar-refractivity contribution >= 4 is 10.1 Å². The highest BCUT2D eigenvalue weighted by Gasteiger charge is 2.18. The average molecular weight is 286 g/mol. The van der Waals surface area contributed by atoms with Crippen LogP contribution >= 0.6 is 0 Å². The van der Waals surface area contributed by atoms with Gasteiger partial charge >= 0.3 is 0 Å². The molecule has 0 radical (unpaired) electrons. The van der Waals surface area contributed by atoms with Crippen LogP contribution in [0.4, 0.5) is 0 Å². The molecular weight excluding hydrogens is 268 g/mol. The van der Waals surface area contributed by atoms with Gasteiger partial charge in [0.05, 0.1) is 24.7 Å². The van der Waals surface area contributed by atoms with E-state index in [1.807, 2.05) is 6.92 Å². The van der Waals surface area contributed by atoms with Crippen molar-refractivity contribution in [2.24, 2.45) is 0 Å². The molecule has 0 heterocycles. The number of benzene rings is 1. The van der Waals surface area contributed by atoms with Crippen molar-refractivity contribution in [2.45, 2.75) is 17.9 Å². The molecule has 1 aromatic carbocycles. The number of hydrogen-bond acceptors (Lipinski definition) is 5. The minimum Gasteiger partial charge on any atom is -0.394 e. The fourth-order valence-electron chi connectivity index (χ4n) is 1.30. The summed E-state index contributed by atoms with van der Waals surface area (Å²) >= 11 is 0. The highest BCUT2D eigenvalue weighted by molar-refractivity contribution is 7.86. The SMILES string of the molecule is C=CCO[C@H](CO)COS(=O)(=O)c1ccc(C)cc1. The number of rotatable bonds is 8. The molecule has 0 aliphatic heterocycles. The molecule has 0 bridgehead atoms. The zero-order valence-corrected chi connectivity index (χ0v) is 11.6. The van der Waals surface area contributed by atoms with Gasteiger partial charge in [0, 0.05) is 0 Å². The molecule has 1 atom stereocenters. The maximum absolute atomic E-state index is 11.9. The first kappa shape index (κ1) is 15.8. The Morgan fingerprint density at radius 2 is 2.00 bits per heavy atom. The van der Waals surface area contributed by atoms with Gasteiger partial charge in [-0.05, 0) is 19.1 Å². The van der Waals surface area contributed by atoms with E-state index in [1.165, 1.54) is 18.2 Å². The molecule has 0 saturated carbocycles. The van der Waals surface area contributed by atoms with Gasteiger partial charge in [-0.25, -0.2) is 0 Å². The van der Waals surface area contributed by atoms with Crippen LogP contribution in [-0.4, -0.2) is 39.4 Å². The fraction of sp³-hybridized carbons (Fsp3) is 0.385. The van der Waals surface area contributed by atoms with Crippen LogP contribution in [0.25, 0.3) is 0 Å². The molecule has 6 heteroatoms. The van der Waals surface area contributed by atoms with Crippen molar-refractivity contribution in [2.75, 3.05) is 19.8 Å². The first-order valence-corrected chi connectivity index (χ1v) is 7.20. The van der Waals surface area contributed by atoms with E-state index in [2.05, 4.69) is 6.58 Å². The van der Waals surface area contributed by atoms with Gasteiger partial charge in [-0.2, -0.15) is 8.42 Å². The average Bonchev–Trinajstić information content (AvgIpc) is 2.39. The highest BCUT2D eigenvalue weighted by Crippen LogP contribution is 2.13. The van der Waals surface area contributed by atoms with Gasteiger partial charge in [-0.15, -0.1) is 6.58 Å². The minimum absolute atomic E-state index is 0.0820. The van der Waals surface area contributed by atoms with Crippen molar-refractivity contribution in [3.8, 4) is 0 Å². The Morgan fingerprint density at radius 1 is 1.37 bits per heavy atom. The predicted octanol–water partition coefficient (Wildman–Crippen LogP) is 1.26. The van der Waals surface area contributed by atoms with Crippen LogP contribution in [0, 0.1) is 6.92 Å². The summed E-state index contributed by atoms with van der Waals surface area (Å²) in [6.07, 6.45) is 0.815. The molecular formula is C13H18O5S. The molecule has 0 amide bonds. The van der Waals surface area contributed by atoms with E-state index >= 15 is 0 Å². The van der Waals surface area contributed by atoms with E-state index in [1.54, 1.807) is 12.1 Å². The molecule has 19 heavy (non-hydrogen) atoms. The second-order valence-electron chi connectivity index (χ2n) is 3.98. The molecule has 0 aromatic heterocycles. The lowest BCUT2D eigenvalue weighted by Gasteiger charge is -2.14. The van der Waals surface area contributed by atoms with Crippen LogP contribution in [0.2, 0.25) is 0 Å². The molecule has 0 aliphatic carbocycles. The maximum atomic E-state index is 11.9. The molecule has 0 spiro atoms. The van der Waals surface area contributed by atoms with Crippen LogP contribution < -0.4 is 0 Å². The summed E-state index contributed by atoms with van der Waals surface area (Å²) < 4.78 is 33.7. The summed E-state index contributed by atoms with van der Waals surface area (Å²) in [5, 5.41) is 9.02. The number of aliphatic hydroxyl groups is 1. The maximum Gasteiger partial charge on any atom is 0.297 e. The first-order valence-electron chi connectivity index (χ1n) is 5.79. The molecule has 0 saturated heterocycles. The van der Waals surface area contributed by atoms with Gasteiger partial charge in [-0.1, -0.05) is 23.8 Å². The molecule has 1 rings (SSSR count). The molecule has 5 nitrogen and oxygen atoms in total. The van der Waals surface area contributed by atoms with Gasteiger partial charge < -0.3 is 9.84 Å². The van der Waals surface area contributed by atoms with E-state index in [-0.39, 0.29) is 24.7 Å². The van der Waals surface area contributed by atoms with Crippen LogP contribution in [0.15, 0.2) is 41.8 Å². The smallest absolute Gasteiger partial charge is 0.297 e. The van der Waals surface area contributed by atoms with Gasteiger partial charge in [0.25, 0.3) is 10.1 Å². The second-order valence-corrected chi connectivity index (χ2v) is 5.59. The third kappa shape index (κ3) is 5.12. The number of ether oxygens (including phenoxy) is 1. The molecule has 0 aliphatic rings. The predicted molar refractivity (Wildman–Crippen MR) is 71.3 cm³/mol. The summed E-state index contributed by atoms with van der Waals surface area (Å²) in [5.41, 5.74) is 0.960. The standard InChI is InChI=1S/C13H18O5S/c1-3-8-17-12(9-14)10-18-19(15,16)13-6-4-11(2)5-7-13/h3-7,12,14H,1,8-10H2,2H3/t12-/m1/s1. The van der Waals surface area contributed by atoms with Crippen molar-refractivity contribution < 1.29 is 22.4 Å². The normalized spacial score (nSPS) is 13.2. The Bertz CT molecular complexity index is 492. The zero-order valence-electron chi connectivity index (χ0n) is 10.8. The summed E-state index contributed by atoms with van der Waals surface area (Å²) in [7, 11) is -3.82. The molecule has 0 fully saturated rings. The van der Waals surface area contributed by atoms with Crippen LogP contribution in [0.1, 0.15) is 5.56 Å². The second kappa shape index (κ2) is 7.40. The van der Waals surface area contributed by atoms with Crippen molar-refractivity contribution in [1.82, 2.24) is 0 Å². The van der Waals surface area contributed by atoms with Crippen molar-refractivity contribution in [1.29, 1.82) is 0 Å². The van der Waals surface area contributed by atoms with E-state index in [9.17, 15) is 8.42 Å². The van der Waals surface area contributed by atoms with Crippen LogP contribution in [0.3, 0.4) is 0 Å². The Morgan fingerprint density at radius 3 is 2.53 bits per heavy atom. The van der Waals surface area contributed by atoms with Crippen molar-refractivity contribution in [3.05, 3.63) is 42.5 Å². The van der Waals surface area contributed by atoms with Gasteiger partial charge in [0.1, 0.15) is 6.10 Å². The van der Waals surface area contributed by atoms with Gasteiger partial charge in [0.2, 0.25) is 0 Å². The van der Waals surface area contributed by atoms with E-state index in [0.717, 1.165) is 5.56 Å². The lowest BCUT2D eigenvalue weighted by molar-refractivity contribution is 0.000837. The monoisotopic (exact) mass is 286 g/mol. The third-order valence-electron chi connectivity index (χ3n) is 2.37. The quantitative estimate of drug-likeness (QED) is 0.575. The largest absolute Gasteiger partial charge is 0.394 e. The zero-order chi connectivity index (χ0) is 14.3. The lowest BCUT2D eigenvalue weighted by Crippen LogP contribution is -2.26. The van der Waals surface area contributed by atoms with Crippen molar-refractivity contribution in [3.63, 3.8) is 0 Å². The Labute approximate surface area is 113 Å². The van der Waals surface area contributed by atoms with Crippen LogP contribution in [0.5, 0.6) is 0 Å². The molecule has 0 unspecified atom stereocenters. The summed E-state index contributed by atoms with van der Waals surface area (Å²) in [6.45, 7) is 4.99. The fourth-order valence-corrected chi connectivity index (χ4v) is 2.23. The van der Waals surface area contributed by atoms with Crippen LogP contribution in [-0.2, 0) is 19.0 Å². The summed E-state index contributed by atoms with van der Waals surface area (Å²) in [5.74, 6) is 0. The van der Waals surface area contributed by atoms with E-state index < -0.39 is 16.2 Å². The number of aryl methyl sites for hydroxylation is 1. The number of aliphatic hydroxyl groups excluding tert-OH is 1. The topological polar surface area (TPSA) is 72.8 Å². The van der Waals surface area contributed by atoms with E-state index in [4.69, 9.17) is 14.0 Å². The van der Waals surface area contributed by atoms with E-state index in [0.29, 0.717) is 0 Å². The minimum atomic E-state index is -3.82.